The van der Waals surface area contributed by atoms with Crippen molar-refractivity contribution < 1.29 is 4.92 Å². The van der Waals surface area contributed by atoms with Gasteiger partial charge in [0.2, 0.25) is 0 Å². The number of pyridine rings is 1. The number of benzene rings is 1. The van der Waals surface area contributed by atoms with E-state index < -0.39 is 4.92 Å². The third-order valence-electron chi connectivity index (χ3n) is 2.30. The lowest BCUT2D eigenvalue weighted by molar-refractivity contribution is -0.384. The van der Waals surface area contributed by atoms with Crippen molar-refractivity contribution in [1.29, 1.82) is 5.41 Å². The Hall–Kier alpha value is -2.41. The van der Waals surface area contributed by atoms with E-state index in [0.29, 0.717) is 5.69 Å². The number of non-ortho nitro benzene ring substituents is 1. The molecule has 0 atom stereocenters. The summed E-state index contributed by atoms with van der Waals surface area (Å²) < 4.78 is 0. The van der Waals surface area contributed by atoms with Gasteiger partial charge in [-0.2, -0.15) is 0 Å². The molecule has 0 aliphatic heterocycles. The highest BCUT2D eigenvalue weighted by atomic mass is 32.2. The Kier molecular flexibility index (Phi) is 3.76. The van der Waals surface area contributed by atoms with E-state index in [9.17, 15) is 10.1 Å². The van der Waals surface area contributed by atoms with Gasteiger partial charge in [0.15, 0.2) is 0 Å². The highest BCUT2D eigenvalue weighted by Crippen LogP contribution is 2.30. The maximum absolute atomic E-state index is 10.6. The Labute approximate surface area is 113 Å². The summed E-state index contributed by atoms with van der Waals surface area (Å²) in [4.78, 5) is 15.7. The molecule has 0 aliphatic rings. The minimum atomic E-state index is -0.445. The molecule has 7 heteroatoms. The van der Waals surface area contributed by atoms with E-state index in [1.54, 1.807) is 30.5 Å². The molecule has 1 aromatic carbocycles. The number of nitrogens with zero attached hydrogens (tertiary/aromatic N) is 2. The second-order valence-corrected chi connectivity index (χ2v) is 4.73. The summed E-state index contributed by atoms with van der Waals surface area (Å²) in [6.07, 6.45) is 1.57. The Balaban J connectivity index is 2.26. The first-order valence-corrected chi connectivity index (χ1v) is 6.11. The Morgan fingerprint density at radius 3 is 2.58 bits per heavy atom. The smallest absolute Gasteiger partial charge is 0.269 e. The molecule has 6 nitrogen and oxygen atoms in total. The number of nitrogens with two attached hydrogens (primary N) is 1. The molecule has 1 heterocycles. The molecule has 96 valence electrons. The lowest BCUT2D eigenvalue weighted by Crippen LogP contribution is -2.14. The average Bonchev–Trinajstić information content (AvgIpc) is 2.39. The van der Waals surface area contributed by atoms with E-state index in [0.717, 1.165) is 9.79 Å². The zero-order valence-electron chi connectivity index (χ0n) is 9.74. The van der Waals surface area contributed by atoms with Gasteiger partial charge in [0.1, 0.15) is 11.5 Å². The van der Waals surface area contributed by atoms with Crippen molar-refractivity contribution in [3.05, 3.63) is 58.4 Å². The molecule has 0 amide bonds. The number of nitro groups is 1. The summed E-state index contributed by atoms with van der Waals surface area (Å²) in [6.45, 7) is 0. The van der Waals surface area contributed by atoms with Crippen LogP contribution in [0.25, 0.3) is 0 Å². The van der Waals surface area contributed by atoms with Crippen molar-refractivity contribution in [2.24, 2.45) is 5.73 Å². The van der Waals surface area contributed by atoms with E-state index in [1.165, 1.54) is 23.9 Å². The Bertz CT molecular complexity index is 628. The van der Waals surface area contributed by atoms with E-state index >= 15 is 0 Å². The SMILES string of the molecule is N=C(N)c1ncccc1Sc1ccc([N+](=O)[O-])cc1. The molecule has 3 N–H and O–H groups in total. The van der Waals surface area contributed by atoms with Crippen molar-refractivity contribution in [3.63, 3.8) is 0 Å². The normalized spacial score (nSPS) is 10.1. The summed E-state index contributed by atoms with van der Waals surface area (Å²) >= 11 is 1.36. The second-order valence-electron chi connectivity index (χ2n) is 3.62. The largest absolute Gasteiger partial charge is 0.382 e. The van der Waals surface area contributed by atoms with Crippen LogP contribution in [0.15, 0.2) is 52.4 Å². The highest BCUT2D eigenvalue weighted by Gasteiger charge is 2.09. The molecule has 2 aromatic rings. The molecule has 1 aromatic heterocycles. The van der Waals surface area contributed by atoms with Crippen LogP contribution in [0, 0.1) is 15.5 Å². The van der Waals surface area contributed by atoms with Crippen LogP contribution < -0.4 is 5.73 Å². The number of nitrogens with one attached hydrogen (secondary N) is 1. The maximum Gasteiger partial charge on any atom is 0.269 e. The van der Waals surface area contributed by atoms with Crippen LogP contribution >= 0.6 is 11.8 Å². The zero-order chi connectivity index (χ0) is 13.8. The fourth-order valence-electron chi connectivity index (χ4n) is 1.44. The van der Waals surface area contributed by atoms with Crippen LogP contribution in [0.3, 0.4) is 0 Å². The molecule has 0 aliphatic carbocycles. The molecular weight excluding hydrogens is 264 g/mol. The predicted octanol–water partition coefficient (Wildman–Crippen LogP) is 2.43. The minimum Gasteiger partial charge on any atom is -0.382 e. The second kappa shape index (κ2) is 5.49. The average molecular weight is 274 g/mol. The number of hydrogen-bond acceptors (Lipinski definition) is 5. The van der Waals surface area contributed by atoms with Gasteiger partial charge in [-0.05, 0) is 24.3 Å². The van der Waals surface area contributed by atoms with Gasteiger partial charge in [-0.3, -0.25) is 20.5 Å². The number of hydrogen-bond donors (Lipinski definition) is 2. The first-order chi connectivity index (χ1) is 9.08. The molecule has 0 saturated heterocycles. The molecule has 0 unspecified atom stereocenters. The fourth-order valence-corrected chi connectivity index (χ4v) is 2.37. The van der Waals surface area contributed by atoms with Crippen molar-refractivity contribution in [2.45, 2.75) is 9.79 Å². The van der Waals surface area contributed by atoms with E-state index in [1.807, 2.05) is 0 Å². The van der Waals surface area contributed by atoms with Crippen molar-refractivity contribution >= 4 is 23.3 Å². The van der Waals surface area contributed by atoms with E-state index in [4.69, 9.17) is 11.1 Å². The molecule has 0 saturated carbocycles. The van der Waals surface area contributed by atoms with Crippen molar-refractivity contribution in [2.75, 3.05) is 0 Å². The summed E-state index contributed by atoms with van der Waals surface area (Å²) in [6, 6.07) is 9.73. The summed E-state index contributed by atoms with van der Waals surface area (Å²) in [5.41, 5.74) is 5.90. The van der Waals surface area contributed by atoms with Gasteiger partial charge in [-0.1, -0.05) is 11.8 Å². The van der Waals surface area contributed by atoms with Gasteiger partial charge in [0, 0.05) is 28.1 Å². The molecule has 19 heavy (non-hydrogen) atoms. The van der Waals surface area contributed by atoms with E-state index in [-0.39, 0.29) is 11.5 Å². The number of aromatic nitrogens is 1. The first-order valence-electron chi connectivity index (χ1n) is 5.29. The van der Waals surface area contributed by atoms with Crippen LogP contribution in [0.1, 0.15) is 5.69 Å². The van der Waals surface area contributed by atoms with Gasteiger partial charge in [0.25, 0.3) is 5.69 Å². The molecule has 0 spiro atoms. The minimum absolute atomic E-state index is 0.0438. The molecule has 2 rings (SSSR count). The molecule has 0 fully saturated rings. The molecular formula is C12H10N4O2S. The van der Waals surface area contributed by atoms with Crippen molar-refractivity contribution in [1.82, 2.24) is 4.98 Å². The van der Waals surface area contributed by atoms with Gasteiger partial charge in [-0.25, -0.2) is 0 Å². The summed E-state index contributed by atoms with van der Waals surface area (Å²) in [5.74, 6) is -0.106. The van der Waals surface area contributed by atoms with E-state index in [2.05, 4.69) is 4.98 Å². The van der Waals surface area contributed by atoms with Crippen LogP contribution in [0.5, 0.6) is 0 Å². The Morgan fingerprint density at radius 2 is 2.00 bits per heavy atom. The van der Waals surface area contributed by atoms with Gasteiger partial charge in [-0.15, -0.1) is 0 Å². The number of amidine groups is 1. The maximum atomic E-state index is 10.6. The lowest BCUT2D eigenvalue weighted by Gasteiger charge is -2.06. The highest BCUT2D eigenvalue weighted by molar-refractivity contribution is 7.99. The molecule has 0 radical (unpaired) electrons. The van der Waals surface area contributed by atoms with Crippen LogP contribution in [0.2, 0.25) is 0 Å². The topological polar surface area (TPSA) is 106 Å². The Morgan fingerprint density at radius 1 is 1.32 bits per heavy atom. The van der Waals surface area contributed by atoms with Gasteiger partial charge < -0.3 is 5.73 Å². The number of rotatable bonds is 4. The predicted molar refractivity (Wildman–Crippen MR) is 72.5 cm³/mol. The summed E-state index contributed by atoms with van der Waals surface area (Å²) in [5, 5.41) is 18.0. The van der Waals surface area contributed by atoms with Crippen LogP contribution in [-0.4, -0.2) is 15.7 Å². The van der Waals surface area contributed by atoms with Crippen molar-refractivity contribution in [3.8, 4) is 0 Å². The lowest BCUT2D eigenvalue weighted by atomic mass is 10.3. The third kappa shape index (κ3) is 3.08. The molecule has 0 bridgehead atoms. The zero-order valence-corrected chi connectivity index (χ0v) is 10.6. The monoisotopic (exact) mass is 274 g/mol. The number of nitrogen functional groups attached to an aromatic ring is 1. The van der Waals surface area contributed by atoms with Gasteiger partial charge in [0.05, 0.1) is 4.92 Å². The number of nitro benzene ring substituents is 1. The summed E-state index contributed by atoms with van der Waals surface area (Å²) in [7, 11) is 0. The van der Waals surface area contributed by atoms with Gasteiger partial charge >= 0.3 is 0 Å². The van der Waals surface area contributed by atoms with Crippen LogP contribution in [0.4, 0.5) is 5.69 Å². The quantitative estimate of drug-likeness (QED) is 0.385. The first kappa shape index (κ1) is 13.0. The third-order valence-corrected chi connectivity index (χ3v) is 3.36. The van der Waals surface area contributed by atoms with Crippen LogP contribution in [-0.2, 0) is 0 Å². The standard InChI is InChI=1S/C12H10N4O2S/c13-12(14)11-10(2-1-7-15-11)19-9-5-3-8(4-6-9)16(17)18/h1-7H,(H3,13,14). The fraction of sp³-hybridized carbons (Fsp3) is 0.